The maximum Gasteiger partial charge on any atom is 0.0624 e. The molecule has 17 heavy (non-hydrogen) atoms. The monoisotopic (exact) mass is 251 g/mol. The highest BCUT2D eigenvalue weighted by atomic mass is 32.2. The predicted octanol–water partition coefficient (Wildman–Crippen LogP) is 2.53. The minimum absolute atomic E-state index is 0.0741. The van der Waals surface area contributed by atoms with Gasteiger partial charge in [-0.15, -0.1) is 11.8 Å². The van der Waals surface area contributed by atoms with Crippen molar-refractivity contribution in [3.8, 4) is 0 Å². The van der Waals surface area contributed by atoms with Crippen molar-refractivity contribution in [2.75, 3.05) is 18.9 Å². The second-order valence-electron chi connectivity index (χ2n) is 4.72. The van der Waals surface area contributed by atoms with Crippen molar-refractivity contribution < 1.29 is 5.11 Å². The Bertz CT molecular complexity index is 339. The molecule has 2 nitrogen and oxygen atoms in total. The number of nitrogens with one attached hydrogen (secondary N) is 1. The highest BCUT2D eigenvalue weighted by Crippen LogP contribution is 2.42. The van der Waals surface area contributed by atoms with Crippen LogP contribution in [0.1, 0.15) is 19.8 Å². The van der Waals surface area contributed by atoms with Gasteiger partial charge in [-0.3, -0.25) is 0 Å². The van der Waals surface area contributed by atoms with Crippen LogP contribution in [0.3, 0.4) is 0 Å². The minimum atomic E-state index is -0.0741. The van der Waals surface area contributed by atoms with Gasteiger partial charge in [0.15, 0.2) is 0 Å². The maximum atomic E-state index is 9.72. The van der Waals surface area contributed by atoms with Gasteiger partial charge < -0.3 is 10.4 Å². The lowest BCUT2D eigenvalue weighted by Gasteiger charge is -2.33. The molecule has 0 aromatic heterocycles. The molecule has 1 aliphatic carbocycles. The summed E-state index contributed by atoms with van der Waals surface area (Å²) < 4.78 is 0. The van der Waals surface area contributed by atoms with Crippen LogP contribution in [0.5, 0.6) is 0 Å². The SMILES string of the molecule is CCNC(CO)(CSc1ccccc1)C1CC1. The molecule has 0 spiro atoms. The zero-order valence-electron chi connectivity index (χ0n) is 10.4. The van der Waals surface area contributed by atoms with E-state index in [2.05, 4.69) is 36.5 Å². The number of likely N-dealkylation sites (N-methyl/N-ethyl adjacent to an activating group) is 1. The Morgan fingerprint density at radius 2 is 2.06 bits per heavy atom. The summed E-state index contributed by atoms with van der Waals surface area (Å²) in [5.41, 5.74) is -0.0741. The van der Waals surface area contributed by atoms with E-state index in [0.717, 1.165) is 12.3 Å². The molecule has 1 aromatic carbocycles. The Morgan fingerprint density at radius 1 is 1.35 bits per heavy atom. The average molecular weight is 251 g/mol. The first-order chi connectivity index (χ1) is 8.30. The molecule has 0 saturated heterocycles. The van der Waals surface area contributed by atoms with Gasteiger partial charge >= 0.3 is 0 Å². The molecular weight excluding hydrogens is 230 g/mol. The van der Waals surface area contributed by atoms with Gasteiger partial charge in [0.1, 0.15) is 0 Å². The summed E-state index contributed by atoms with van der Waals surface area (Å²) in [6, 6.07) is 10.4. The van der Waals surface area contributed by atoms with E-state index in [9.17, 15) is 5.11 Å². The molecule has 1 aromatic rings. The van der Waals surface area contributed by atoms with Gasteiger partial charge in [-0.1, -0.05) is 25.1 Å². The number of benzene rings is 1. The zero-order valence-corrected chi connectivity index (χ0v) is 11.2. The van der Waals surface area contributed by atoms with Gasteiger partial charge in [0.05, 0.1) is 12.1 Å². The molecule has 2 rings (SSSR count). The predicted molar refractivity (Wildman–Crippen MR) is 73.4 cm³/mol. The number of hydrogen-bond acceptors (Lipinski definition) is 3. The lowest BCUT2D eigenvalue weighted by molar-refractivity contribution is 0.161. The third kappa shape index (κ3) is 3.24. The van der Waals surface area contributed by atoms with E-state index < -0.39 is 0 Å². The Kier molecular flexibility index (Phi) is 4.48. The van der Waals surface area contributed by atoms with Crippen LogP contribution in [0.4, 0.5) is 0 Å². The first kappa shape index (κ1) is 12.9. The van der Waals surface area contributed by atoms with Gasteiger partial charge in [0.25, 0.3) is 0 Å². The van der Waals surface area contributed by atoms with Crippen molar-refractivity contribution in [1.29, 1.82) is 0 Å². The largest absolute Gasteiger partial charge is 0.394 e. The van der Waals surface area contributed by atoms with Crippen LogP contribution in [-0.4, -0.2) is 29.5 Å². The van der Waals surface area contributed by atoms with E-state index in [-0.39, 0.29) is 12.1 Å². The first-order valence-corrected chi connectivity index (χ1v) is 7.33. The highest BCUT2D eigenvalue weighted by molar-refractivity contribution is 7.99. The fourth-order valence-corrected chi connectivity index (χ4v) is 3.46. The number of aliphatic hydroxyl groups excluding tert-OH is 1. The summed E-state index contributed by atoms with van der Waals surface area (Å²) in [7, 11) is 0. The third-order valence-electron chi connectivity index (χ3n) is 3.41. The molecule has 2 N–H and O–H groups in total. The van der Waals surface area contributed by atoms with Crippen molar-refractivity contribution in [3.05, 3.63) is 30.3 Å². The van der Waals surface area contributed by atoms with E-state index >= 15 is 0 Å². The van der Waals surface area contributed by atoms with Gasteiger partial charge in [-0.2, -0.15) is 0 Å². The number of aliphatic hydroxyl groups is 1. The summed E-state index contributed by atoms with van der Waals surface area (Å²) in [5, 5.41) is 13.2. The van der Waals surface area contributed by atoms with Crippen LogP contribution in [0.2, 0.25) is 0 Å². The zero-order chi connectivity index (χ0) is 12.1. The Balaban J connectivity index is 1.97. The standard InChI is InChI=1S/C14H21NOS/c1-2-15-14(10-16,12-8-9-12)11-17-13-6-4-3-5-7-13/h3-7,12,15-16H,2,8-11H2,1H3. The molecule has 1 unspecified atom stereocenters. The van der Waals surface area contributed by atoms with Gasteiger partial charge in [-0.05, 0) is 37.4 Å². The summed E-state index contributed by atoms with van der Waals surface area (Å²) >= 11 is 1.84. The van der Waals surface area contributed by atoms with E-state index in [0.29, 0.717) is 5.92 Å². The van der Waals surface area contributed by atoms with Crippen LogP contribution >= 0.6 is 11.8 Å². The first-order valence-electron chi connectivity index (χ1n) is 6.34. The molecule has 1 fully saturated rings. The van der Waals surface area contributed by atoms with Crippen molar-refractivity contribution in [3.63, 3.8) is 0 Å². The molecule has 3 heteroatoms. The summed E-state index contributed by atoms with van der Waals surface area (Å²) in [6.45, 7) is 3.28. The maximum absolute atomic E-state index is 9.72. The van der Waals surface area contributed by atoms with Gasteiger partial charge in [0.2, 0.25) is 0 Å². The quantitative estimate of drug-likeness (QED) is 0.730. The van der Waals surface area contributed by atoms with Crippen LogP contribution in [-0.2, 0) is 0 Å². The highest BCUT2D eigenvalue weighted by Gasteiger charge is 2.44. The smallest absolute Gasteiger partial charge is 0.0624 e. The third-order valence-corrected chi connectivity index (χ3v) is 4.67. The molecule has 1 aliphatic rings. The number of rotatable bonds is 7. The van der Waals surface area contributed by atoms with E-state index in [4.69, 9.17) is 0 Å². The second-order valence-corrected chi connectivity index (χ2v) is 5.77. The molecule has 0 heterocycles. The average Bonchev–Trinajstić information content (AvgIpc) is 3.20. The molecule has 1 atom stereocenters. The molecule has 1 saturated carbocycles. The second kappa shape index (κ2) is 5.89. The Morgan fingerprint density at radius 3 is 2.59 bits per heavy atom. The van der Waals surface area contributed by atoms with E-state index in [1.165, 1.54) is 17.7 Å². The normalized spacial score (nSPS) is 18.9. The van der Waals surface area contributed by atoms with Crippen LogP contribution in [0.15, 0.2) is 35.2 Å². The number of hydrogen-bond donors (Lipinski definition) is 2. The topological polar surface area (TPSA) is 32.3 Å². The molecule has 0 radical (unpaired) electrons. The molecule has 0 aliphatic heterocycles. The van der Waals surface area contributed by atoms with Crippen molar-refractivity contribution in [2.45, 2.75) is 30.2 Å². The van der Waals surface area contributed by atoms with Gasteiger partial charge in [0, 0.05) is 10.6 Å². The molecular formula is C14H21NOS. The Hall–Kier alpha value is -0.510. The minimum Gasteiger partial charge on any atom is -0.394 e. The lowest BCUT2D eigenvalue weighted by atomic mass is 9.97. The van der Waals surface area contributed by atoms with E-state index in [1.807, 2.05) is 17.8 Å². The molecule has 94 valence electrons. The van der Waals surface area contributed by atoms with Crippen LogP contribution in [0, 0.1) is 5.92 Å². The van der Waals surface area contributed by atoms with Crippen LogP contribution < -0.4 is 5.32 Å². The molecule has 0 bridgehead atoms. The van der Waals surface area contributed by atoms with E-state index in [1.54, 1.807) is 0 Å². The van der Waals surface area contributed by atoms with Gasteiger partial charge in [-0.25, -0.2) is 0 Å². The van der Waals surface area contributed by atoms with Crippen molar-refractivity contribution >= 4 is 11.8 Å². The molecule has 0 amide bonds. The summed E-state index contributed by atoms with van der Waals surface area (Å²) in [6.07, 6.45) is 2.51. The van der Waals surface area contributed by atoms with Crippen molar-refractivity contribution in [1.82, 2.24) is 5.32 Å². The summed E-state index contributed by atoms with van der Waals surface area (Å²) in [4.78, 5) is 1.28. The number of thioether (sulfide) groups is 1. The Labute approximate surface area is 108 Å². The summed E-state index contributed by atoms with van der Waals surface area (Å²) in [5.74, 6) is 1.61. The fourth-order valence-electron chi connectivity index (χ4n) is 2.26. The van der Waals surface area contributed by atoms with Crippen LogP contribution in [0.25, 0.3) is 0 Å². The lowest BCUT2D eigenvalue weighted by Crippen LogP contribution is -2.52. The fraction of sp³-hybridized carbons (Fsp3) is 0.571. The van der Waals surface area contributed by atoms with Crippen molar-refractivity contribution in [2.24, 2.45) is 5.92 Å².